The van der Waals surface area contributed by atoms with E-state index in [9.17, 15) is 4.79 Å². The smallest absolute Gasteiger partial charge is 0.119 e. The zero-order chi connectivity index (χ0) is 10.6. The molecule has 0 aromatic heterocycles. The molecule has 2 nitrogen and oxygen atoms in total. The van der Waals surface area contributed by atoms with Crippen molar-refractivity contribution >= 4 is 6.29 Å². The fourth-order valence-electron chi connectivity index (χ4n) is 1.52. The second-order valence-corrected chi connectivity index (χ2v) is 3.51. The van der Waals surface area contributed by atoms with E-state index < -0.39 is 0 Å². The highest BCUT2D eigenvalue weighted by Crippen LogP contribution is 2.13. The third-order valence-corrected chi connectivity index (χ3v) is 2.25. The Labute approximate surface area is 87.0 Å². The number of aldehydes is 1. The van der Waals surface area contributed by atoms with Crippen LogP contribution >= 0.6 is 0 Å². The third-order valence-electron chi connectivity index (χ3n) is 2.25. The summed E-state index contributed by atoms with van der Waals surface area (Å²) >= 11 is 0. The topological polar surface area (TPSA) is 37.3 Å². The fraction of sp³-hybridized carbons (Fsp3) is 0.750. The van der Waals surface area contributed by atoms with Crippen LogP contribution in [0.3, 0.4) is 0 Å². The molecule has 2 heteroatoms. The highest BCUT2D eigenvalue weighted by atomic mass is 16.2. The Morgan fingerprint density at radius 1 is 1.21 bits per heavy atom. The molecule has 0 unspecified atom stereocenters. The lowest BCUT2D eigenvalue weighted by atomic mass is 10.0. The summed E-state index contributed by atoms with van der Waals surface area (Å²) in [5, 5.41) is 8.82. The van der Waals surface area contributed by atoms with Crippen molar-refractivity contribution < 1.29 is 9.90 Å². The second kappa shape index (κ2) is 10.5. The first-order valence-electron chi connectivity index (χ1n) is 5.57. The molecular weight excluding hydrogens is 176 g/mol. The molecule has 0 spiro atoms. The van der Waals surface area contributed by atoms with Gasteiger partial charge in [-0.3, -0.25) is 0 Å². The lowest BCUT2D eigenvalue weighted by molar-refractivity contribution is -0.107. The number of rotatable bonds is 9. The van der Waals surface area contributed by atoms with E-state index in [1.807, 2.05) is 0 Å². The van der Waals surface area contributed by atoms with E-state index in [-0.39, 0.29) is 6.61 Å². The monoisotopic (exact) mass is 198 g/mol. The molecule has 0 aliphatic carbocycles. The molecule has 0 aliphatic rings. The van der Waals surface area contributed by atoms with Crippen molar-refractivity contribution in [2.45, 2.75) is 51.9 Å². The molecule has 0 fully saturated rings. The molecule has 0 saturated heterocycles. The first-order chi connectivity index (χ1) is 6.85. The highest BCUT2D eigenvalue weighted by Gasteiger charge is 1.96. The van der Waals surface area contributed by atoms with Gasteiger partial charge >= 0.3 is 0 Å². The number of hydrogen-bond donors (Lipinski definition) is 1. The summed E-state index contributed by atoms with van der Waals surface area (Å²) < 4.78 is 0. The lowest BCUT2D eigenvalue weighted by Crippen LogP contribution is -1.90. The van der Waals surface area contributed by atoms with Crippen molar-refractivity contribution in [1.29, 1.82) is 0 Å². The molecule has 0 aliphatic heterocycles. The number of aliphatic hydroxyl groups excluding tert-OH is 1. The van der Waals surface area contributed by atoms with Crippen LogP contribution in [-0.2, 0) is 4.79 Å². The molecule has 1 N–H and O–H groups in total. The number of hydrogen-bond acceptors (Lipinski definition) is 2. The molecule has 0 saturated carbocycles. The first-order valence-corrected chi connectivity index (χ1v) is 5.57. The molecule has 0 atom stereocenters. The first kappa shape index (κ1) is 13.4. The predicted molar refractivity (Wildman–Crippen MR) is 59.2 cm³/mol. The number of aliphatic hydroxyl groups is 1. The van der Waals surface area contributed by atoms with E-state index >= 15 is 0 Å². The van der Waals surface area contributed by atoms with E-state index in [4.69, 9.17) is 5.11 Å². The van der Waals surface area contributed by atoms with Crippen molar-refractivity contribution in [2.75, 3.05) is 6.61 Å². The zero-order valence-corrected chi connectivity index (χ0v) is 9.17. The van der Waals surface area contributed by atoms with Gasteiger partial charge in [-0.2, -0.15) is 0 Å². The van der Waals surface area contributed by atoms with E-state index in [1.165, 1.54) is 5.57 Å². The van der Waals surface area contributed by atoms with Crippen molar-refractivity contribution in [2.24, 2.45) is 0 Å². The Kier molecular flexibility index (Phi) is 9.98. The third kappa shape index (κ3) is 7.99. The van der Waals surface area contributed by atoms with Crippen LogP contribution in [0, 0.1) is 0 Å². The van der Waals surface area contributed by atoms with Gasteiger partial charge in [0.1, 0.15) is 6.29 Å². The minimum atomic E-state index is 0.250. The summed E-state index contributed by atoms with van der Waals surface area (Å²) in [6.45, 7) is 2.37. The molecule has 0 amide bonds. The number of unbranched alkanes of at least 4 members (excludes halogenated alkanes) is 3. The molecule has 0 heterocycles. The van der Waals surface area contributed by atoms with E-state index in [2.05, 4.69) is 13.0 Å². The van der Waals surface area contributed by atoms with Gasteiger partial charge in [0.2, 0.25) is 0 Å². The van der Waals surface area contributed by atoms with Crippen molar-refractivity contribution in [3.8, 4) is 0 Å². The molecular formula is C12H22O2. The van der Waals surface area contributed by atoms with Gasteiger partial charge in [0.25, 0.3) is 0 Å². The Morgan fingerprint density at radius 2 is 2.00 bits per heavy atom. The van der Waals surface area contributed by atoms with Gasteiger partial charge in [0.15, 0.2) is 0 Å². The summed E-state index contributed by atoms with van der Waals surface area (Å²) in [5.41, 5.74) is 1.36. The SMILES string of the molecule is CCC=C(CCO)CCCCCC=O. The van der Waals surface area contributed by atoms with Crippen LogP contribution in [0.25, 0.3) is 0 Å². The molecule has 0 bridgehead atoms. The van der Waals surface area contributed by atoms with Crippen LogP contribution in [0.4, 0.5) is 0 Å². The summed E-state index contributed by atoms with van der Waals surface area (Å²) in [4.78, 5) is 10.1. The normalized spacial score (nSPS) is 11.7. The Hall–Kier alpha value is -0.630. The number of carbonyl (C=O) groups is 1. The van der Waals surface area contributed by atoms with E-state index in [0.29, 0.717) is 6.42 Å². The van der Waals surface area contributed by atoms with Gasteiger partial charge in [0, 0.05) is 13.0 Å². The van der Waals surface area contributed by atoms with Gasteiger partial charge in [-0.1, -0.05) is 25.0 Å². The molecule has 14 heavy (non-hydrogen) atoms. The maximum atomic E-state index is 10.1. The van der Waals surface area contributed by atoms with Gasteiger partial charge in [-0.15, -0.1) is 0 Å². The van der Waals surface area contributed by atoms with Crippen LogP contribution < -0.4 is 0 Å². The Balaban J connectivity index is 3.50. The summed E-state index contributed by atoms with van der Waals surface area (Å²) in [7, 11) is 0. The second-order valence-electron chi connectivity index (χ2n) is 3.51. The van der Waals surface area contributed by atoms with Crippen LogP contribution in [-0.4, -0.2) is 18.0 Å². The van der Waals surface area contributed by atoms with Crippen LogP contribution in [0.5, 0.6) is 0 Å². The fourth-order valence-corrected chi connectivity index (χ4v) is 1.52. The Morgan fingerprint density at radius 3 is 2.57 bits per heavy atom. The van der Waals surface area contributed by atoms with Crippen LogP contribution in [0.2, 0.25) is 0 Å². The van der Waals surface area contributed by atoms with Gasteiger partial charge in [-0.05, 0) is 32.1 Å². The number of carbonyl (C=O) groups excluding carboxylic acids is 1. The summed E-state index contributed by atoms with van der Waals surface area (Å²) in [6, 6.07) is 0. The maximum absolute atomic E-state index is 10.1. The largest absolute Gasteiger partial charge is 0.396 e. The average molecular weight is 198 g/mol. The van der Waals surface area contributed by atoms with Crippen LogP contribution in [0.15, 0.2) is 11.6 Å². The number of allylic oxidation sites excluding steroid dienone is 1. The van der Waals surface area contributed by atoms with Crippen LogP contribution in [0.1, 0.15) is 51.9 Å². The summed E-state index contributed by atoms with van der Waals surface area (Å²) in [6.07, 6.45) is 10.1. The van der Waals surface area contributed by atoms with Crippen molar-refractivity contribution in [3.63, 3.8) is 0 Å². The molecule has 0 rings (SSSR count). The van der Waals surface area contributed by atoms with Gasteiger partial charge in [-0.25, -0.2) is 0 Å². The molecule has 0 radical (unpaired) electrons. The lowest BCUT2D eigenvalue weighted by Gasteiger charge is -2.04. The van der Waals surface area contributed by atoms with Crippen molar-refractivity contribution in [3.05, 3.63) is 11.6 Å². The highest BCUT2D eigenvalue weighted by molar-refractivity contribution is 5.48. The van der Waals surface area contributed by atoms with Gasteiger partial charge < -0.3 is 9.90 Å². The molecule has 0 aromatic rings. The van der Waals surface area contributed by atoms with E-state index in [1.54, 1.807) is 0 Å². The van der Waals surface area contributed by atoms with E-state index in [0.717, 1.165) is 44.8 Å². The van der Waals surface area contributed by atoms with Crippen molar-refractivity contribution in [1.82, 2.24) is 0 Å². The molecule has 0 aromatic carbocycles. The minimum Gasteiger partial charge on any atom is -0.396 e. The van der Waals surface area contributed by atoms with Gasteiger partial charge in [0.05, 0.1) is 0 Å². The quantitative estimate of drug-likeness (QED) is 0.351. The zero-order valence-electron chi connectivity index (χ0n) is 9.17. The molecule has 82 valence electrons. The minimum absolute atomic E-state index is 0.250. The Bertz CT molecular complexity index is 162. The maximum Gasteiger partial charge on any atom is 0.119 e. The summed E-state index contributed by atoms with van der Waals surface area (Å²) in [5.74, 6) is 0. The average Bonchev–Trinajstić information content (AvgIpc) is 2.18. The standard InChI is InChI=1S/C12H22O2/c1-2-7-12(9-11-14)8-5-3-4-6-10-13/h7,10,14H,2-6,8-9,11H2,1H3. The predicted octanol–water partition coefficient (Wildman–Crippen LogP) is 2.85.